The topological polar surface area (TPSA) is 47.0 Å². The van der Waals surface area contributed by atoms with Crippen LogP contribution in [0.2, 0.25) is 5.15 Å². The molecule has 0 aliphatic heterocycles. The van der Waals surface area contributed by atoms with Crippen molar-refractivity contribution >= 4 is 39.2 Å². The van der Waals surface area contributed by atoms with Crippen LogP contribution < -0.4 is 5.32 Å². The van der Waals surface area contributed by atoms with Crippen molar-refractivity contribution in [1.29, 1.82) is 0 Å². The molecule has 0 aliphatic rings. The molecule has 0 radical (unpaired) electrons. The largest absolute Gasteiger partial charge is 0.384 e. The second kappa shape index (κ2) is 6.84. The Labute approximate surface area is 125 Å². The van der Waals surface area contributed by atoms with Crippen LogP contribution in [0.25, 0.3) is 0 Å². The van der Waals surface area contributed by atoms with E-state index in [2.05, 4.69) is 37.3 Å². The van der Waals surface area contributed by atoms with Crippen LogP contribution in [0.5, 0.6) is 0 Å². The standard InChI is InChI=1S/C13H13BrClN3O/c1-19-6-5-9-3-2-4-10(7-9)17-13-16-8-11(14)12(15)18-13/h2-4,7-8H,5-6H2,1H3,(H,16,17,18). The zero-order chi connectivity index (χ0) is 13.7. The van der Waals surface area contributed by atoms with Crippen molar-refractivity contribution in [2.45, 2.75) is 6.42 Å². The summed E-state index contributed by atoms with van der Waals surface area (Å²) < 4.78 is 5.74. The summed E-state index contributed by atoms with van der Waals surface area (Å²) in [6.07, 6.45) is 2.49. The number of aromatic nitrogens is 2. The summed E-state index contributed by atoms with van der Waals surface area (Å²) in [6, 6.07) is 8.03. The van der Waals surface area contributed by atoms with Gasteiger partial charge in [-0.05, 0) is 40.0 Å². The van der Waals surface area contributed by atoms with Gasteiger partial charge in [-0.1, -0.05) is 23.7 Å². The van der Waals surface area contributed by atoms with Gasteiger partial charge in [0, 0.05) is 19.0 Å². The van der Waals surface area contributed by atoms with Crippen molar-refractivity contribution in [3.63, 3.8) is 0 Å². The first kappa shape index (κ1) is 14.2. The summed E-state index contributed by atoms with van der Waals surface area (Å²) in [4.78, 5) is 8.28. The molecule has 100 valence electrons. The smallest absolute Gasteiger partial charge is 0.228 e. The molecule has 1 N–H and O–H groups in total. The quantitative estimate of drug-likeness (QED) is 0.839. The van der Waals surface area contributed by atoms with Gasteiger partial charge in [0.25, 0.3) is 0 Å². The fourth-order valence-corrected chi connectivity index (χ4v) is 1.88. The lowest BCUT2D eigenvalue weighted by Crippen LogP contribution is -1.99. The lowest BCUT2D eigenvalue weighted by atomic mass is 10.1. The summed E-state index contributed by atoms with van der Waals surface area (Å²) >= 11 is 9.18. The molecule has 1 aromatic carbocycles. The summed E-state index contributed by atoms with van der Waals surface area (Å²) in [5, 5.41) is 3.50. The molecule has 4 nitrogen and oxygen atoms in total. The number of hydrogen-bond donors (Lipinski definition) is 1. The Morgan fingerprint density at radius 3 is 3.00 bits per heavy atom. The molecule has 0 bridgehead atoms. The predicted molar refractivity (Wildman–Crippen MR) is 80.0 cm³/mol. The maximum atomic E-state index is 5.93. The molecule has 2 aromatic rings. The molecule has 6 heteroatoms. The maximum absolute atomic E-state index is 5.93. The van der Waals surface area contributed by atoms with E-state index in [1.807, 2.05) is 18.2 Å². The van der Waals surface area contributed by atoms with E-state index in [-0.39, 0.29) is 0 Å². The molecular weight excluding hydrogens is 330 g/mol. The minimum Gasteiger partial charge on any atom is -0.384 e. The fourth-order valence-electron chi connectivity index (χ4n) is 1.56. The van der Waals surface area contributed by atoms with Crippen LogP contribution in [0.4, 0.5) is 11.6 Å². The van der Waals surface area contributed by atoms with Crippen LogP contribution in [-0.4, -0.2) is 23.7 Å². The number of rotatable bonds is 5. The normalized spacial score (nSPS) is 10.5. The molecule has 0 unspecified atom stereocenters. The molecule has 0 saturated carbocycles. The third-order valence-electron chi connectivity index (χ3n) is 2.48. The average molecular weight is 343 g/mol. The second-order valence-corrected chi connectivity index (χ2v) is 5.11. The van der Waals surface area contributed by atoms with E-state index in [0.717, 1.165) is 12.1 Å². The lowest BCUT2D eigenvalue weighted by molar-refractivity contribution is 0.202. The van der Waals surface area contributed by atoms with E-state index in [9.17, 15) is 0 Å². The molecule has 1 heterocycles. The van der Waals surface area contributed by atoms with Gasteiger partial charge < -0.3 is 10.1 Å². The fraction of sp³-hybridized carbons (Fsp3) is 0.231. The Morgan fingerprint density at radius 1 is 1.42 bits per heavy atom. The zero-order valence-corrected chi connectivity index (χ0v) is 12.7. The Balaban J connectivity index is 2.11. The minimum atomic E-state index is 0.382. The van der Waals surface area contributed by atoms with E-state index in [4.69, 9.17) is 16.3 Å². The first-order chi connectivity index (χ1) is 9.19. The van der Waals surface area contributed by atoms with Crippen LogP contribution in [0, 0.1) is 0 Å². The van der Waals surface area contributed by atoms with Gasteiger partial charge >= 0.3 is 0 Å². The number of halogens is 2. The van der Waals surface area contributed by atoms with Crippen molar-refractivity contribution in [2.24, 2.45) is 0 Å². The van der Waals surface area contributed by atoms with Crippen molar-refractivity contribution in [1.82, 2.24) is 9.97 Å². The highest BCUT2D eigenvalue weighted by Gasteiger charge is 2.03. The number of benzene rings is 1. The zero-order valence-electron chi connectivity index (χ0n) is 10.4. The molecule has 2 rings (SSSR count). The van der Waals surface area contributed by atoms with E-state index in [1.54, 1.807) is 13.3 Å². The van der Waals surface area contributed by atoms with Crippen LogP contribution in [-0.2, 0) is 11.2 Å². The van der Waals surface area contributed by atoms with E-state index < -0.39 is 0 Å². The Hall–Kier alpha value is -1.17. The number of anilines is 2. The van der Waals surface area contributed by atoms with Gasteiger partial charge in [-0.15, -0.1) is 0 Å². The molecule has 0 saturated heterocycles. The van der Waals surface area contributed by atoms with Gasteiger partial charge in [-0.25, -0.2) is 4.98 Å². The van der Waals surface area contributed by atoms with Crippen molar-refractivity contribution in [2.75, 3.05) is 19.0 Å². The third-order valence-corrected chi connectivity index (χ3v) is 3.58. The van der Waals surface area contributed by atoms with Gasteiger partial charge in [0.1, 0.15) is 5.15 Å². The molecule has 0 atom stereocenters. The van der Waals surface area contributed by atoms with Crippen molar-refractivity contribution < 1.29 is 4.74 Å². The number of nitrogens with one attached hydrogen (secondary N) is 1. The van der Waals surface area contributed by atoms with E-state index in [0.29, 0.717) is 22.2 Å². The minimum absolute atomic E-state index is 0.382. The van der Waals surface area contributed by atoms with Crippen LogP contribution in [0.15, 0.2) is 34.9 Å². The Bertz CT molecular complexity index is 565. The van der Waals surface area contributed by atoms with Crippen LogP contribution in [0.3, 0.4) is 0 Å². The highest BCUT2D eigenvalue weighted by atomic mass is 79.9. The van der Waals surface area contributed by atoms with Crippen LogP contribution in [0.1, 0.15) is 5.56 Å². The molecule has 19 heavy (non-hydrogen) atoms. The number of nitrogens with zero attached hydrogens (tertiary/aromatic N) is 2. The van der Waals surface area contributed by atoms with Gasteiger partial charge in [-0.2, -0.15) is 4.98 Å². The van der Waals surface area contributed by atoms with Crippen molar-refractivity contribution in [3.8, 4) is 0 Å². The highest BCUT2D eigenvalue weighted by Crippen LogP contribution is 2.21. The summed E-state index contributed by atoms with van der Waals surface area (Å²) in [6.45, 7) is 0.698. The molecule has 0 amide bonds. The average Bonchev–Trinajstić information content (AvgIpc) is 2.41. The van der Waals surface area contributed by atoms with E-state index >= 15 is 0 Å². The predicted octanol–water partition coefficient (Wildman–Crippen LogP) is 3.83. The summed E-state index contributed by atoms with van der Waals surface area (Å²) in [7, 11) is 1.69. The number of hydrogen-bond acceptors (Lipinski definition) is 4. The lowest BCUT2D eigenvalue weighted by Gasteiger charge is -2.07. The second-order valence-electron chi connectivity index (χ2n) is 3.90. The Morgan fingerprint density at radius 2 is 2.26 bits per heavy atom. The van der Waals surface area contributed by atoms with Gasteiger partial charge in [0.2, 0.25) is 5.95 Å². The Kier molecular flexibility index (Phi) is 5.13. The summed E-state index contributed by atoms with van der Waals surface area (Å²) in [5.74, 6) is 0.470. The van der Waals surface area contributed by atoms with Gasteiger partial charge in [0.15, 0.2) is 0 Å². The summed E-state index contributed by atoms with van der Waals surface area (Å²) in [5.41, 5.74) is 2.11. The highest BCUT2D eigenvalue weighted by molar-refractivity contribution is 9.10. The third kappa shape index (κ3) is 4.16. The SMILES string of the molecule is COCCc1cccc(Nc2ncc(Br)c(Cl)n2)c1. The number of ether oxygens (including phenoxy) is 1. The molecule has 0 aliphatic carbocycles. The van der Waals surface area contributed by atoms with E-state index in [1.165, 1.54) is 5.56 Å². The first-order valence-corrected chi connectivity index (χ1v) is 6.89. The van der Waals surface area contributed by atoms with Crippen LogP contribution >= 0.6 is 27.5 Å². The molecule has 0 spiro atoms. The monoisotopic (exact) mass is 341 g/mol. The van der Waals surface area contributed by atoms with Crippen molar-refractivity contribution in [3.05, 3.63) is 45.7 Å². The van der Waals surface area contributed by atoms with Gasteiger partial charge in [-0.3, -0.25) is 0 Å². The molecule has 0 fully saturated rings. The van der Waals surface area contributed by atoms with Gasteiger partial charge in [0.05, 0.1) is 11.1 Å². The number of methoxy groups -OCH3 is 1. The maximum Gasteiger partial charge on any atom is 0.228 e. The first-order valence-electron chi connectivity index (χ1n) is 5.72. The molecule has 1 aromatic heterocycles. The molecular formula is C13H13BrClN3O.